The molecule has 0 aromatic carbocycles. The number of fused-ring (bicyclic) bond motifs is 1. The second-order valence-corrected chi connectivity index (χ2v) is 6.66. The van der Waals surface area contributed by atoms with Crippen molar-refractivity contribution in [3.8, 4) is 0 Å². The first-order valence-corrected chi connectivity index (χ1v) is 8.25. The van der Waals surface area contributed by atoms with Crippen LogP contribution in [0.15, 0.2) is 23.3 Å². The summed E-state index contributed by atoms with van der Waals surface area (Å²) in [4.78, 5) is 26.1. The summed E-state index contributed by atoms with van der Waals surface area (Å²) in [5.74, 6) is -1.82. The van der Waals surface area contributed by atoms with Crippen LogP contribution >= 0.6 is 0 Å². The lowest BCUT2D eigenvalue weighted by atomic mass is 9.79. The molecule has 0 aromatic heterocycles. The molecular weight excluding hydrogens is 294 g/mol. The topological polar surface area (TPSA) is 83.9 Å². The lowest BCUT2D eigenvalue weighted by molar-refractivity contribution is -0.164. The zero-order valence-electron chi connectivity index (χ0n) is 12.2. The molecule has 2 heterocycles. The molecule has 0 aliphatic carbocycles. The Morgan fingerprint density at radius 1 is 1.62 bits per heavy atom. The van der Waals surface area contributed by atoms with Crippen LogP contribution in [-0.4, -0.2) is 51.1 Å². The monoisotopic (exact) mass is 313 g/mol. The minimum absolute atomic E-state index is 0.0207. The highest BCUT2D eigenvalue weighted by Crippen LogP contribution is 2.48. The summed E-state index contributed by atoms with van der Waals surface area (Å²) in [5.41, 5.74) is 0.0667. The highest BCUT2D eigenvalue weighted by atomic mass is 32.2. The van der Waals surface area contributed by atoms with Gasteiger partial charge in [0.25, 0.3) is 0 Å². The first-order valence-electron chi connectivity index (χ1n) is 6.69. The molecule has 1 saturated heterocycles. The second-order valence-electron chi connectivity index (χ2n) is 5.31. The number of ether oxygens (including phenoxy) is 1. The number of esters is 1. The first-order chi connectivity index (χ1) is 9.82. The molecule has 1 amide bonds. The van der Waals surface area contributed by atoms with Gasteiger partial charge in [0, 0.05) is 23.0 Å². The van der Waals surface area contributed by atoms with Crippen LogP contribution in [0, 0.1) is 11.8 Å². The van der Waals surface area contributed by atoms with Gasteiger partial charge < -0.3 is 14.7 Å². The van der Waals surface area contributed by atoms with Gasteiger partial charge in [-0.25, -0.2) is 4.79 Å². The Balaban J connectivity index is 2.39. The van der Waals surface area contributed by atoms with Crippen LogP contribution in [0.5, 0.6) is 0 Å². The summed E-state index contributed by atoms with van der Waals surface area (Å²) < 4.78 is 17.0. The number of aliphatic hydroxyl groups is 1. The van der Waals surface area contributed by atoms with Gasteiger partial charge in [0.15, 0.2) is 0 Å². The Labute approximate surface area is 125 Å². The van der Waals surface area contributed by atoms with Gasteiger partial charge in [0.2, 0.25) is 5.91 Å². The molecule has 5 atom stereocenters. The molecule has 0 aromatic rings. The zero-order chi connectivity index (χ0) is 15.9. The Kier molecular flexibility index (Phi) is 4.34. The lowest BCUT2D eigenvalue weighted by Crippen LogP contribution is -2.63. The fourth-order valence-corrected chi connectivity index (χ4v) is 4.22. The number of aliphatic hydroxyl groups excluding tert-OH is 1. The van der Waals surface area contributed by atoms with Crippen LogP contribution in [0.25, 0.3) is 0 Å². The molecule has 1 unspecified atom stereocenters. The van der Waals surface area contributed by atoms with Crippen LogP contribution in [-0.2, 0) is 25.1 Å². The van der Waals surface area contributed by atoms with E-state index in [0.717, 1.165) is 0 Å². The number of rotatable bonds is 5. The number of hydrogen-bond acceptors (Lipinski definition) is 5. The van der Waals surface area contributed by atoms with E-state index in [2.05, 4.69) is 6.58 Å². The van der Waals surface area contributed by atoms with Crippen LogP contribution in [0.1, 0.15) is 13.8 Å². The third kappa shape index (κ3) is 2.34. The number of hydrogen-bond donors (Lipinski definition) is 1. The summed E-state index contributed by atoms with van der Waals surface area (Å²) in [6.07, 6.45) is 2.09. The average molecular weight is 313 g/mol. The van der Waals surface area contributed by atoms with Gasteiger partial charge in [-0.2, -0.15) is 0 Å². The maximum atomic E-state index is 12.2. The molecule has 2 aliphatic rings. The van der Waals surface area contributed by atoms with Gasteiger partial charge >= 0.3 is 5.97 Å². The van der Waals surface area contributed by atoms with Crippen molar-refractivity contribution in [2.75, 3.05) is 12.9 Å². The number of nitrogens with zero attached hydrogens (tertiary/aromatic N) is 1. The minimum atomic E-state index is -1.39. The molecule has 2 rings (SSSR count). The summed E-state index contributed by atoms with van der Waals surface area (Å²) in [7, 11) is -1.39. The van der Waals surface area contributed by atoms with Crippen LogP contribution in [0.2, 0.25) is 0 Å². The van der Waals surface area contributed by atoms with Gasteiger partial charge in [0.1, 0.15) is 12.3 Å². The number of carbonyl (C=O) groups excluding carboxylic acids is 2. The van der Waals surface area contributed by atoms with E-state index in [-0.39, 0.29) is 30.2 Å². The fourth-order valence-electron chi connectivity index (χ4n) is 3.11. The normalized spacial score (nSPS) is 30.6. The van der Waals surface area contributed by atoms with Gasteiger partial charge in [-0.15, -0.1) is 0 Å². The molecule has 116 valence electrons. The second kappa shape index (κ2) is 5.73. The predicted molar refractivity (Wildman–Crippen MR) is 77.2 cm³/mol. The van der Waals surface area contributed by atoms with E-state index >= 15 is 0 Å². The number of carbonyl (C=O) groups is 2. The molecule has 0 saturated carbocycles. The van der Waals surface area contributed by atoms with E-state index < -0.39 is 28.8 Å². The van der Waals surface area contributed by atoms with Gasteiger partial charge in [-0.3, -0.25) is 9.00 Å². The van der Waals surface area contributed by atoms with E-state index in [9.17, 15) is 18.9 Å². The summed E-state index contributed by atoms with van der Waals surface area (Å²) in [6.45, 7) is 6.83. The van der Waals surface area contributed by atoms with Gasteiger partial charge in [0.05, 0.1) is 23.0 Å². The van der Waals surface area contributed by atoms with E-state index in [4.69, 9.17) is 4.74 Å². The van der Waals surface area contributed by atoms with Crippen molar-refractivity contribution in [3.05, 3.63) is 23.3 Å². The Bertz CT molecular complexity index is 554. The van der Waals surface area contributed by atoms with E-state index in [1.165, 1.54) is 17.2 Å². The molecule has 1 N–H and O–H groups in total. The molecule has 21 heavy (non-hydrogen) atoms. The minimum Gasteiger partial charge on any atom is -0.457 e. The van der Waals surface area contributed by atoms with Crippen molar-refractivity contribution >= 4 is 22.7 Å². The molecule has 7 heteroatoms. The Morgan fingerprint density at radius 2 is 2.24 bits per heavy atom. The predicted octanol–water partition coefficient (Wildman–Crippen LogP) is 0.163. The molecule has 2 aliphatic heterocycles. The van der Waals surface area contributed by atoms with Crippen molar-refractivity contribution in [3.63, 3.8) is 0 Å². The van der Waals surface area contributed by atoms with Crippen molar-refractivity contribution < 1.29 is 23.6 Å². The first kappa shape index (κ1) is 15.9. The third-order valence-electron chi connectivity index (χ3n) is 3.94. The van der Waals surface area contributed by atoms with Gasteiger partial charge in [-0.05, 0) is 6.92 Å². The maximum Gasteiger partial charge on any atom is 0.356 e. The average Bonchev–Trinajstić information content (AvgIpc) is 2.65. The molecule has 0 bridgehead atoms. The fraction of sp³-hybridized carbons (Fsp3) is 0.571. The lowest BCUT2D eigenvalue weighted by Gasteiger charge is -2.46. The largest absolute Gasteiger partial charge is 0.457 e. The van der Waals surface area contributed by atoms with Crippen molar-refractivity contribution in [1.82, 2.24) is 4.90 Å². The SMILES string of the molecule is C=CCOC(=O)C1=C(S(C)=O)[C@H](C)[C@@H]2[C@@H]([C@@H](C)O)C(=O)N12. The standard InChI is InChI=1S/C14H19NO5S/c1-5-6-20-14(18)11-12(21(4)19)7(2)10-9(8(3)16)13(17)15(10)11/h5,7-10,16H,1,6H2,2-4H3/t7-,8-,9-,10-,21?/m1/s1. The van der Waals surface area contributed by atoms with Crippen molar-refractivity contribution in [1.29, 1.82) is 0 Å². The van der Waals surface area contributed by atoms with E-state index in [0.29, 0.717) is 4.91 Å². The Morgan fingerprint density at radius 3 is 2.71 bits per heavy atom. The number of β-lactam (4-membered cyclic amide) rings is 1. The van der Waals surface area contributed by atoms with Crippen LogP contribution < -0.4 is 0 Å². The van der Waals surface area contributed by atoms with Crippen LogP contribution in [0.3, 0.4) is 0 Å². The Hall–Kier alpha value is -1.47. The van der Waals surface area contributed by atoms with Crippen LogP contribution in [0.4, 0.5) is 0 Å². The molecule has 1 fully saturated rings. The highest BCUT2D eigenvalue weighted by molar-refractivity contribution is 7.88. The highest BCUT2D eigenvalue weighted by Gasteiger charge is 2.60. The summed E-state index contributed by atoms with van der Waals surface area (Å²) in [5, 5.41) is 9.73. The molecule has 0 radical (unpaired) electrons. The van der Waals surface area contributed by atoms with Crippen molar-refractivity contribution in [2.45, 2.75) is 26.0 Å². The molecule has 6 nitrogen and oxygen atoms in total. The smallest absolute Gasteiger partial charge is 0.356 e. The molecular formula is C14H19NO5S. The summed E-state index contributed by atoms with van der Waals surface area (Å²) >= 11 is 0. The quantitative estimate of drug-likeness (QED) is 0.444. The zero-order valence-corrected chi connectivity index (χ0v) is 13.1. The summed E-state index contributed by atoms with van der Waals surface area (Å²) in [6, 6.07) is -0.331. The third-order valence-corrected chi connectivity index (χ3v) is 5.13. The molecule has 0 spiro atoms. The number of amides is 1. The van der Waals surface area contributed by atoms with Crippen molar-refractivity contribution in [2.24, 2.45) is 11.8 Å². The van der Waals surface area contributed by atoms with E-state index in [1.54, 1.807) is 6.92 Å². The van der Waals surface area contributed by atoms with E-state index in [1.807, 2.05) is 6.92 Å². The maximum absolute atomic E-state index is 12.2. The van der Waals surface area contributed by atoms with Gasteiger partial charge in [-0.1, -0.05) is 19.6 Å².